The maximum Gasteiger partial charge on any atom is 0.226 e. The Kier molecular flexibility index (Phi) is 7.06. The van der Waals surface area contributed by atoms with Crippen molar-refractivity contribution in [2.75, 3.05) is 5.32 Å². The van der Waals surface area contributed by atoms with Gasteiger partial charge in [0.2, 0.25) is 5.91 Å². The summed E-state index contributed by atoms with van der Waals surface area (Å²) in [5.41, 5.74) is 1.38. The van der Waals surface area contributed by atoms with E-state index in [0.717, 1.165) is 31.2 Å². The van der Waals surface area contributed by atoms with Crippen LogP contribution in [0.25, 0.3) is 0 Å². The van der Waals surface area contributed by atoms with E-state index in [4.69, 9.17) is 0 Å². The Labute approximate surface area is 125 Å². The fourth-order valence-corrected chi connectivity index (χ4v) is 2.03. The third-order valence-electron chi connectivity index (χ3n) is 3.24. The summed E-state index contributed by atoms with van der Waals surface area (Å²) in [6.07, 6.45) is 4.10. The van der Waals surface area contributed by atoms with E-state index in [2.05, 4.69) is 5.32 Å². The predicted octanol–water partition coefficient (Wildman–Crippen LogP) is 4.11. The number of Topliss-reactive ketones (excluding diaryl/α,β-unsaturated/α-hetero) is 1. The number of carbonyl (C=O) groups is 2. The molecule has 0 aliphatic heterocycles. The molecule has 0 bridgehead atoms. The van der Waals surface area contributed by atoms with Crippen molar-refractivity contribution in [1.82, 2.24) is 0 Å². The lowest BCUT2D eigenvalue weighted by molar-refractivity contribution is -0.119. The Hall–Kier alpha value is -1.71. The van der Waals surface area contributed by atoms with E-state index < -0.39 is 0 Å². The molecule has 1 aromatic rings. The normalized spacial score (nSPS) is 10.7. The minimum Gasteiger partial charge on any atom is -0.326 e. The van der Waals surface area contributed by atoms with Crippen molar-refractivity contribution < 1.29 is 14.0 Å². The molecule has 21 heavy (non-hydrogen) atoms. The second-order valence-corrected chi connectivity index (χ2v) is 5.75. The molecule has 0 unspecified atom stereocenters. The zero-order chi connectivity index (χ0) is 15.8. The molecule has 0 spiro atoms. The van der Waals surface area contributed by atoms with Crippen molar-refractivity contribution in [3.8, 4) is 0 Å². The van der Waals surface area contributed by atoms with Gasteiger partial charge in [-0.05, 0) is 49.9 Å². The smallest absolute Gasteiger partial charge is 0.226 e. The molecule has 0 heterocycles. The molecule has 4 heteroatoms. The van der Waals surface area contributed by atoms with Crippen LogP contribution in [0.3, 0.4) is 0 Å². The Bertz CT molecular complexity index is 498. The Morgan fingerprint density at radius 1 is 1.14 bits per heavy atom. The SMILES string of the molecule is CC(=O)CCCCCc1cc(F)cc(NC(=O)C(C)C)c1. The first-order valence-corrected chi connectivity index (χ1v) is 7.48. The number of anilines is 1. The second kappa shape index (κ2) is 8.55. The zero-order valence-corrected chi connectivity index (χ0v) is 13.0. The first-order chi connectivity index (χ1) is 9.88. The lowest BCUT2D eigenvalue weighted by Gasteiger charge is -2.10. The molecule has 1 aromatic carbocycles. The molecule has 3 nitrogen and oxygen atoms in total. The van der Waals surface area contributed by atoms with Crippen LogP contribution in [0.5, 0.6) is 0 Å². The van der Waals surface area contributed by atoms with Crippen LogP contribution in [0, 0.1) is 11.7 Å². The number of amides is 1. The largest absolute Gasteiger partial charge is 0.326 e. The maximum absolute atomic E-state index is 13.6. The highest BCUT2D eigenvalue weighted by Gasteiger charge is 2.08. The van der Waals surface area contributed by atoms with Gasteiger partial charge >= 0.3 is 0 Å². The number of unbranched alkanes of at least 4 members (excludes halogenated alkanes) is 2. The standard InChI is InChI=1S/C17H24FNO2/c1-12(2)17(21)19-16-10-14(9-15(18)11-16)8-6-4-5-7-13(3)20/h9-12H,4-8H2,1-3H3,(H,19,21). The third-order valence-corrected chi connectivity index (χ3v) is 3.24. The summed E-state index contributed by atoms with van der Waals surface area (Å²) in [4.78, 5) is 22.5. The number of carbonyl (C=O) groups excluding carboxylic acids is 2. The van der Waals surface area contributed by atoms with Gasteiger partial charge in [0.1, 0.15) is 11.6 Å². The molecule has 0 saturated carbocycles. The van der Waals surface area contributed by atoms with E-state index in [9.17, 15) is 14.0 Å². The van der Waals surface area contributed by atoms with Crippen LogP contribution in [0.4, 0.5) is 10.1 Å². The average molecular weight is 293 g/mol. The summed E-state index contributed by atoms with van der Waals surface area (Å²) < 4.78 is 13.6. The quantitative estimate of drug-likeness (QED) is 0.733. The highest BCUT2D eigenvalue weighted by atomic mass is 19.1. The lowest BCUT2D eigenvalue weighted by atomic mass is 10.0. The molecule has 0 atom stereocenters. The molecule has 1 amide bonds. The summed E-state index contributed by atoms with van der Waals surface area (Å²) in [5.74, 6) is -0.383. The van der Waals surface area contributed by atoms with Gasteiger partial charge in [-0.2, -0.15) is 0 Å². The van der Waals surface area contributed by atoms with Crippen LogP contribution in [0.1, 0.15) is 52.0 Å². The van der Waals surface area contributed by atoms with Crippen molar-refractivity contribution in [2.45, 2.75) is 52.9 Å². The van der Waals surface area contributed by atoms with Gasteiger partial charge in [-0.25, -0.2) is 4.39 Å². The van der Waals surface area contributed by atoms with Gasteiger partial charge in [0.05, 0.1) is 0 Å². The van der Waals surface area contributed by atoms with Crippen molar-refractivity contribution in [3.63, 3.8) is 0 Å². The molecule has 0 radical (unpaired) electrons. The zero-order valence-electron chi connectivity index (χ0n) is 13.0. The number of benzene rings is 1. The molecule has 0 saturated heterocycles. The van der Waals surface area contributed by atoms with E-state index in [0.29, 0.717) is 12.1 Å². The van der Waals surface area contributed by atoms with Crippen LogP contribution in [-0.2, 0) is 16.0 Å². The van der Waals surface area contributed by atoms with Crippen molar-refractivity contribution in [3.05, 3.63) is 29.6 Å². The average Bonchev–Trinajstić information content (AvgIpc) is 2.37. The minimum atomic E-state index is -0.338. The monoisotopic (exact) mass is 293 g/mol. The number of hydrogen-bond acceptors (Lipinski definition) is 2. The molecule has 1 N–H and O–H groups in total. The highest BCUT2D eigenvalue weighted by molar-refractivity contribution is 5.92. The summed E-state index contributed by atoms with van der Waals surface area (Å²) in [7, 11) is 0. The summed E-state index contributed by atoms with van der Waals surface area (Å²) >= 11 is 0. The second-order valence-electron chi connectivity index (χ2n) is 5.75. The van der Waals surface area contributed by atoms with E-state index in [-0.39, 0.29) is 23.4 Å². The van der Waals surface area contributed by atoms with Crippen LogP contribution >= 0.6 is 0 Å². The maximum atomic E-state index is 13.6. The molecule has 116 valence electrons. The van der Waals surface area contributed by atoms with Gasteiger partial charge in [0.15, 0.2) is 0 Å². The Morgan fingerprint density at radius 2 is 1.86 bits per heavy atom. The summed E-state index contributed by atoms with van der Waals surface area (Å²) in [5, 5.41) is 2.72. The van der Waals surface area contributed by atoms with Gasteiger partial charge in [-0.15, -0.1) is 0 Å². The van der Waals surface area contributed by atoms with Crippen molar-refractivity contribution >= 4 is 17.4 Å². The number of hydrogen-bond donors (Lipinski definition) is 1. The van der Waals surface area contributed by atoms with Crippen LogP contribution in [0.15, 0.2) is 18.2 Å². The number of ketones is 1. The number of halogens is 1. The van der Waals surface area contributed by atoms with Crippen LogP contribution in [-0.4, -0.2) is 11.7 Å². The first kappa shape index (κ1) is 17.3. The van der Waals surface area contributed by atoms with Crippen molar-refractivity contribution in [1.29, 1.82) is 0 Å². The van der Waals surface area contributed by atoms with E-state index >= 15 is 0 Å². The number of nitrogens with one attached hydrogen (secondary N) is 1. The number of aryl methyl sites for hydroxylation is 1. The Morgan fingerprint density at radius 3 is 2.48 bits per heavy atom. The van der Waals surface area contributed by atoms with E-state index in [1.54, 1.807) is 20.8 Å². The highest BCUT2D eigenvalue weighted by Crippen LogP contribution is 2.17. The molecular formula is C17H24FNO2. The topological polar surface area (TPSA) is 46.2 Å². The molecule has 0 aromatic heterocycles. The fraction of sp³-hybridized carbons (Fsp3) is 0.529. The van der Waals surface area contributed by atoms with Gasteiger partial charge < -0.3 is 10.1 Å². The van der Waals surface area contributed by atoms with Crippen LogP contribution in [0.2, 0.25) is 0 Å². The van der Waals surface area contributed by atoms with Gasteiger partial charge in [0, 0.05) is 18.0 Å². The molecule has 1 rings (SSSR count). The molecule has 0 aliphatic rings. The predicted molar refractivity (Wildman–Crippen MR) is 82.7 cm³/mol. The number of rotatable bonds is 8. The Balaban J connectivity index is 2.53. The molecule has 0 fully saturated rings. The first-order valence-electron chi connectivity index (χ1n) is 7.48. The lowest BCUT2D eigenvalue weighted by Crippen LogP contribution is -2.17. The summed E-state index contributed by atoms with van der Waals surface area (Å²) in [6, 6.07) is 4.64. The van der Waals surface area contributed by atoms with E-state index in [1.807, 2.05) is 6.07 Å². The summed E-state index contributed by atoms with van der Waals surface area (Å²) in [6.45, 7) is 5.19. The molecule has 0 aliphatic carbocycles. The minimum absolute atomic E-state index is 0.118. The van der Waals surface area contributed by atoms with Gasteiger partial charge in [0.25, 0.3) is 0 Å². The third kappa shape index (κ3) is 7.02. The van der Waals surface area contributed by atoms with E-state index in [1.165, 1.54) is 12.1 Å². The fourth-order valence-electron chi connectivity index (χ4n) is 2.03. The molecular weight excluding hydrogens is 269 g/mol. The van der Waals surface area contributed by atoms with Gasteiger partial charge in [-0.1, -0.05) is 20.3 Å². The van der Waals surface area contributed by atoms with Crippen LogP contribution < -0.4 is 5.32 Å². The van der Waals surface area contributed by atoms with Crippen molar-refractivity contribution in [2.24, 2.45) is 5.92 Å². The van der Waals surface area contributed by atoms with Gasteiger partial charge in [-0.3, -0.25) is 4.79 Å².